The van der Waals surface area contributed by atoms with Gasteiger partial charge in [-0.1, -0.05) is 91.0 Å². The van der Waals surface area contributed by atoms with Crippen LogP contribution in [0, 0.1) is 0 Å². The monoisotopic (exact) mass is 475 g/mol. The van der Waals surface area contributed by atoms with Crippen molar-refractivity contribution < 1.29 is 9.47 Å². The number of hydrogen-bond donors (Lipinski definition) is 1. The van der Waals surface area contributed by atoms with Crippen LogP contribution < -0.4 is 14.8 Å². The summed E-state index contributed by atoms with van der Waals surface area (Å²) in [6.45, 7) is 1.10. The first-order valence-corrected chi connectivity index (χ1v) is 12.0. The summed E-state index contributed by atoms with van der Waals surface area (Å²) < 4.78 is 13.6. The van der Waals surface area contributed by atoms with Gasteiger partial charge in [0.05, 0.1) is 19.0 Å². The number of imidazole rings is 1. The minimum absolute atomic E-state index is 0.486. The number of nitrogens with zero attached hydrogens (tertiary/aromatic N) is 2. The highest BCUT2D eigenvalue weighted by molar-refractivity contribution is 5.69. The van der Waals surface area contributed by atoms with Crippen molar-refractivity contribution in [1.29, 1.82) is 0 Å². The summed E-state index contributed by atoms with van der Waals surface area (Å²) in [7, 11) is 3.68. The van der Waals surface area contributed by atoms with Gasteiger partial charge in [-0.15, -0.1) is 0 Å². The van der Waals surface area contributed by atoms with Gasteiger partial charge >= 0.3 is 0 Å². The molecular formula is C31H29N3O2. The second-order valence-electron chi connectivity index (χ2n) is 8.58. The highest BCUT2D eigenvalue weighted by atomic mass is 16.5. The molecule has 0 fully saturated rings. The predicted octanol–water partition coefficient (Wildman–Crippen LogP) is 6.95. The lowest BCUT2D eigenvalue weighted by atomic mass is 10.0. The largest absolute Gasteiger partial charge is 0.493 e. The molecule has 0 unspecified atom stereocenters. The second-order valence-corrected chi connectivity index (χ2v) is 8.58. The highest BCUT2D eigenvalue weighted by Gasteiger charge is 2.11. The van der Waals surface area contributed by atoms with Crippen LogP contribution in [0.1, 0.15) is 11.1 Å². The zero-order valence-electron chi connectivity index (χ0n) is 20.5. The van der Waals surface area contributed by atoms with Gasteiger partial charge in [-0.3, -0.25) is 0 Å². The minimum Gasteiger partial charge on any atom is -0.493 e. The van der Waals surface area contributed by atoms with Crippen molar-refractivity contribution in [2.45, 2.75) is 13.2 Å². The van der Waals surface area contributed by atoms with Crippen LogP contribution in [0.4, 0.5) is 5.95 Å². The van der Waals surface area contributed by atoms with E-state index >= 15 is 0 Å². The Labute approximate surface area is 212 Å². The molecule has 180 valence electrons. The molecule has 0 saturated carbocycles. The van der Waals surface area contributed by atoms with Gasteiger partial charge in [0.25, 0.3) is 0 Å². The number of ether oxygens (including phenoxy) is 2. The van der Waals surface area contributed by atoms with Crippen LogP contribution in [0.25, 0.3) is 22.4 Å². The molecule has 0 aliphatic carbocycles. The van der Waals surface area contributed by atoms with Gasteiger partial charge in [0.1, 0.15) is 6.61 Å². The normalized spacial score (nSPS) is 10.7. The Kier molecular flexibility index (Phi) is 6.99. The van der Waals surface area contributed by atoms with E-state index in [0.29, 0.717) is 18.9 Å². The molecule has 0 aliphatic heterocycles. The van der Waals surface area contributed by atoms with Gasteiger partial charge in [-0.05, 0) is 39.9 Å². The molecule has 0 amide bonds. The fourth-order valence-electron chi connectivity index (χ4n) is 4.17. The maximum absolute atomic E-state index is 6.06. The van der Waals surface area contributed by atoms with E-state index in [1.807, 2.05) is 67.8 Å². The van der Waals surface area contributed by atoms with Crippen molar-refractivity contribution in [3.05, 3.63) is 120 Å². The third-order valence-corrected chi connectivity index (χ3v) is 6.19. The van der Waals surface area contributed by atoms with Crippen LogP contribution in [-0.4, -0.2) is 16.7 Å². The second kappa shape index (κ2) is 10.8. The van der Waals surface area contributed by atoms with Gasteiger partial charge in [0, 0.05) is 13.6 Å². The average Bonchev–Trinajstić information content (AvgIpc) is 3.31. The minimum atomic E-state index is 0.486. The Bertz CT molecular complexity index is 1410. The molecule has 1 heterocycles. The third kappa shape index (κ3) is 5.26. The first-order valence-electron chi connectivity index (χ1n) is 12.0. The van der Waals surface area contributed by atoms with Crippen LogP contribution in [0.5, 0.6) is 11.5 Å². The molecule has 4 aromatic carbocycles. The molecule has 0 saturated heterocycles. The summed E-state index contributed by atoms with van der Waals surface area (Å²) in [6.07, 6.45) is 1.91. The van der Waals surface area contributed by atoms with E-state index in [0.717, 1.165) is 34.1 Å². The lowest BCUT2D eigenvalue weighted by Gasteiger charge is -2.13. The number of benzene rings is 4. The van der Waals surface area contributed by atoms with Gasteiger partial charge in [-0.2, -0.15) is 0 Å². The van der Waals surface area contributed by atoms with E-state index in [9.17, 15) is 0 Å². The van der Waals surface area contributed by atoms with Crippen molar-refractivity contribution in [2.75, 3.05) is 12.4 Å². The van der Waals surface area contributed by atoms with E-state index in [2.05, 4.69) is 63.4 Å². The van der Waals surface area contributed by atoms with Crippen molar-refractivity contribution >= 4 is 5.95 Å². The van der Waals surface area contributed by atoms with Crippen LogP contribution in [0.15, 0.2) is 109 Å². The first-order chi connectivity index (χ1) is 17.7. The number of nitrogens with one attached hydrogen (secondary N) is 1. The first kappa shape index (κ1) is 23.2. The summed E-state index contributed by atoms with van der Waals surface area (Å²) in [5, 5.41) is 3.45. The van der Waals surface area contributed by atoms with Crippen LogP contribution in [0.2, 0.25) is 0 Å². The summed E-state index contributed by atoms with van der Waals surface area (Å²) in [5.41, 5.74) is 6.78. The van der Waals surface area contributed by atoms with Gasteiger partial charge < -0.3 is 19.4 Å². The molecule has 5 aromatic rings. The quantitative estimate of drug-likeness (QED) is 0.250. The Hall–Kier alpha value is -4.51. The van der Waals surface area contributed by atoms with Crippen molar-refractivity contribution in [3.63, 3.8) is 0 Å². The Morgan fingerprint density at radius 3 is 2.11 bits per heavy atom. The SMILES string of the molecule is COc1ccc(CNc2ncc(-c3ccc(-c4ccccc4)cc3)n2C)cc1OCc1ccccc1. The number of anilines is 1. The molecular weight excluding hydrogens is 446 g/mol. The highest BCUT2D eigenvalue weighted by Crippen LogP contribution is 2.30. The molecule has 0 aliphatic rings. The zero-order valence-corrected chi connectivity index (χ0v) is 20.5. The maximum Gasteiger partial charge on any atom is 0.203 e. The number of aromatic nitrogens is 2. The number of methoxy groups -OCH3 is 1. The molecule has 0 bridgehead atoms. The van der Waals surface area contributed by atoms with Gasteiger partial charge in [0.15, 0.2) is 11.5 Å². The average molecular weight is 476 g/mol. The topological polar surface area (TPSA) is 48.3 Å². The van der Waals surface area contributed by atoms with E-state index < -0.39 is 0 Å². The molecule has 5 rings (SSSR count). The molecule has 36 heavy (non-hydrogen) atoms. The zero-order chi connectivity index (χ0) is 24.7. The Balaban J connectivity index is 1.27. The van der Waals surface area contributed by atoms with Crippen molar-refractivity contribution in [2.24, 2.45) is 7.05 Å². The molecule has 0 spiro atoms. The van der Waals surface area contributed by atoms with E-state index in [1.54, 1.807) is 7.11 Å². The maximum atomic E-state index is 6.06. The summed E-state index contributed by atoms with van der Waals surface area (Å²) >= 11 is 0. The predicted molar refractivity (Wildman–Crippen MR) is 145 cm³/mol. The Morgan fingerprint density at radius 2 is 1.39 bits per heavy atom. The molecule has 0 radical (unpaired) electrons. The number of hydrogen-bond acceptors (Lipinski definition) is 4. The van der Waals surface area contributed by atoms with E-state index in [1.165, 1.54) is 11.1 Å². The lowest BCUT2D eigenvalue weighted by molar-refractivity contribution is 0.284. The van der Waals surface area contributed by atoms with E-state index in [4.69, 9.17) is 9.47 Å². The molecule has 1 aromatic heterocycles. The lowest BCUT2D eigenvalue weighted by Crippen LogP contribution is -2.06. The molecule has 1 N–H and O–H groups in total. The fourth-order valence-corrected chi connectivity index (χ4v) is 4.17. The Morgan fingerprint density at radius 1 is 0.722 bits per heavy atom. The summed E-state index contributed by atoms with van der Waals surface area (Å²) in [5.74, 6) is 2.24. The van der Waals surface area contributed by atoms with E-state index in [-0.39, 0.29) is 0 Å². The summed E-state index contributed by atoms with van der Waals surface area (Å²) in [4.78, 5) is 4.62. The molecule has 0 atom stereocenters. The van der Waals surface area contributed by atoms with Crippen LogP contribution >= 0.6 is 0 Å². The smallest absolute Gasteiger partial charge is 0.203 e. The summed E-state index contributed by atoms with van der Waals surface area (Å²) in [6, 6.07) is 35.1. The van der Waals surface area contributed by atoms with Crippen LogP contribution in [-0.2, 0) is 20.2 Å². The number of rotatable bonds is 9. The van der Waals surface area contributed by atoms with Crippen molar-refractivity contribution in [1.82, 2.24) is 9.55 Å². The van der Waals surface area contributed by atoms with Crippen LogP contribution in [0.3, 0.4) is 0 Å². The standard InChI is InChI=1S/C31H29N3O2/c1-34-28(27-16-14-26(15-17-27)25-11-7-4-8-12-25)21-33-31(34)32-20-24-13-18-29(35-2)30(19-24)36-22-23-9-5-3-6-10-23/h3-19,21H,20,22H2,1-2H3,(H,32,33). The molecule has 5 heteroatoms. The fraction of sp³-hybridized carbons (Fsp3) is 0.129. The van der Waals surface area contributed by atoms with Crippen molar-refractivity contribution in [3.8, 4) is 33.9 Å². The van der Waals surface area contributed by atoms with Gasteiger partial charge in [-0.25, -0.2) is 4.98 Å². The molecule has 5 nitrogen and oxygen atoms in total. The van der Waals surface area contributed by atoms with Gasteiger partial charge in [0.2, 0.25) is 5.95 Å². The third-order valence-electron chi connectivity index (χ3n) is 6.19.